The Morgan fingerprint density at radius 3 is 2.32 bits per heavy atom. The molecule has 0 fully saturated rings. The molecule has 0 spiro atoms. The largest absolute Gasteiger partial charge is 0.448 e. The van der Waals surface area contributed by atoms with Gasteiger partial charge < -0.3 is 9.29 Å². The van der Waals surface area contributed by atoms with Crippen LogP contribution in [-0.4, -0.2) is 30.2 Å². The van der Waals surface area contributed by atoms with Gasteiger partial charge in [-0.2, -0.15) is 8.42 Å². The van der Waals surface area contributed by atoms with Gasteiger partial charge in [-0.1, -0.05) is 64.0 Å². The molecule has 0 unspecified atom stereocenters. The summed E-state index contributed by atoms with van der Waals surface area (Å²) in [5, 5.41) is 9.82. The highest BCUT2D eigenvalue weighted by molar-refractivity contribution is 7.81. The topological polar surface area (TPSA) is 101 Å². The molecule has 0 rings (SSSR count). The predicted octanol–water partition coefficient (Wildman–Crippen LogP) is 4.34. The zero-order chi connectivity index (χ0) is 19.0. The van der Waals surface area contributed by atoms with Gasteiger partial charge >= 0.3 is 16.4 Å². The molecule has 7 heteroatoms. The van der Waals surface area contributed by atoms with E-state index in [0.717, 1.165) is 51.4 Å². The Morgan fingerprint density at radius 1 is 1.00 bits per heavy atom. The third kappa shape index (κ3) is 19.3. The van der Waals surface area contributed by atoms with E-state index in [1.165, 1.54) is 19.3 Å². The van der Waals surface area contributed by atoms with Crippen molar-refractivity contribution in [3.05, 3.63) is 12.2 Å². The van der Waals surface area contributed by atoms with Crippen LogP contribution in [0, 0.1) is 0 Å². The highest BCUT2D eigenvalue weighted by atomic mass is 32.3. The smallest absolute Gasteiger partial charge is 0.393 e. The molecule has 25 heavy (non-hydrogen) atoms. The van der Waals surface area contributed by atoms with Crippen LogP contribution < -0.4 is 0 Å². The third-order valence-electron chi connectivity index (χ3n) is 3.92. The van der Waals surface area contributed by atoms with Crippen LogP contribution in [0.25, 0.3) is 0 Å². The highest BCUT2D eigenvalue weighted by Crippen LogP contribution is 2.11. The zero-order valence-corrected chi connectivity index (χ0v) is 16.2. The second-order valence-electron chi connectivity index (χ2n) is 6.40. The number of allylic oxidation sites excluding steroid dienone is 1. The van der Waals surface area contributed by atoms with Crippen LogP contribution in [0.3, 0.4) is 0 Å². The molecule has 0 radical (unpaired) electrons. The average Bonchev–Trinajstić information content (AvgIpc) is 2.51. The van der Waals surface area contributed by atoms with Gasteiger partial charge in [0.25, 0.3) is 0 Å². The third-order valence-corrected chi connectivity index (χ3v) is 4.31. The van der Waals surface area contributed by atoms with E-state index in [0.29, 0.717) is 6.42 Å². The summed E-state index contributed by atoms with van der Waals surface area (Å²) in [4.78, 5) is 11.0. The molecule has 0 aromatic carbocycles. The van der Waals surface area contributed by atoms with Crippen LogP contribution in [0.4, 0.5) is 0 Å². The minimum absolute atomic E-state index is 0.00413. The molecule has 0 aliphatic rings. The number of hydrogen-bond donors (Lipinski definition) is 2. The summed E-state index contributed by atoms with van der Waals surface area (Å²) in [5.41, 5.74) is 0. The fraction of sp³-hybridized carbons (Fsp3) is 0.833. The van der Waals surface area contributed by atoms with Gasteiger partial charge in [0, 0.05) is 6.42 Å². The van der Waals surface area contributed by atoms with E-state index in [1.54, 1.807) is 0 Å². The molecule has 6 nitrogen and oxygen atoms in total. The van der Waals surface area contributed by atoms with Crippen molar-refractivity contribution in [3.8, 4) is 0 Å². The molecule has 0 aromatic rings. The van der Waals surface area contributed by atoms with Gasteiger partial charge in [-0.15, -0.1) is 0 Å². The van der Waals surface area contributed by atoms with Crippen molar-refractivity contribution in [2.75, 3.05) is 0 Å². The second kappa shape index (κ2) is 15.3. The lowest BCUT2D eigenvalue weighted by molar-refractivity contribution is -0.134. The molecule has 0 aliphatic heterocycles. The lowest BCUT2D eigenvalue weighted by Gasteiger charge is -2.07. The maximum absolute atomic E-state index is 11.0. The van der Waals surface area contributed by atoms with Crippen LogP contribution in [0.1, 0.15) is 90.4 Å². The summed E-state index contributed by atoms with van der Waals surface area (Å²) in [6.07, 6.45) is 15.7. The molecule has 0 amide bonds. The number of hydrogen-bond acceptors (Lipinski definition) is 5. The van der Waals surface area contributed by atoms with Gasteiger partial charge in [0.2, 0.25) is 0 Å². The monoisotopic (exact) mass is 378 g/mol. The molecular weight excluding hydrogens is 344 g/mol. The first-order chi connectivity index (χ1) is 11.8. The molecule has 148 valence electrons. The summed E-state index contributed by atoms with van der Waals surface area (Å²) < 4.78 is 32.8. The first-order valence-corrected chi connectivity index (χ1v) is 10.7. The molecule has 1 atom stereocenters. The van der Waals surface area contributed by atoms with Gasteiger partial charge in [-0.3, -0.25) is 9.35 Å². The first kappa shape index (κ1) is 24.1. The summed E-state index contributed by atoms with van der Waals surface area (Å²) in [5.74, 6) is -0.918. The molecular formula is C18H34O6S. The van der Waals surface area contributed by atoms with Crippen LogP contribution in [0.5, 0.6) is 0 Å². The SMILES string of the molecule is CCCCCC[C@@H](O)C/C=C/CCCCCCCC(=O)OS(=O)(=O)O. The van der Waals surface area contributed by atoms with Crippen molar-refractivity contribution < 1.29 is 27.1 Å². The summed E-state index contributed by atoms with van der Waals surface area (Å²) >= 11 is 0. The molecule has 0 bridgehead atoms. The Bertz CT molecular complexity index is 458. The van der Waals surface area contributed by atoms with Crippen molar-refractivity contribution in [2.45, 2.75) is 96.5 Å². The van der Waals surface area contributed by atoms with E-state index in [-0.39, 0.29) is 12.5 Å². The van der Waals surface area contributed by atoms with Crippen molar-refractivity contribution in [1.82, 2.24) is 0 Å². The predicted molar refractivity (Wildman–Crippen MR) is 98.5 cm³/mol. The number of rotatable bonds is 16. The summed E-state index contributed by atoms with van der Waals surface area (Å²) in [6, 6.07) is 0. The fourth-order valence-corrected chi connectivity index (χ4v) is 2.83. The molecule has 0 saturated heterocycles. The van der Waals surface area contributed by atoms with Crippen molar-refractivity contribution in [2.24, 2.45) is 0 Å². The minimum Gasteiger partial charge on any atom is -0.393 e. The van der Waals surface area contributed by atoms with E-state index in [2.05, 4.69) is 23.3 Å². The standard InChI is InChI=1S/C18H34O6S/c1-2-3-4-11-14-17(19)15-12-9-7-5-6-8-10-13-16-18(20)24-25(21,22)23/h9,12,17,19H,2-8,10-11,13-16H2,1H3,(H,21,22,23)/b12-9+/t17-/m1/s1. The molecule has 0 aromatic heterocycles. The van der Waals surface area contributed by atoms with E-state index in [4.69, 9.17) is 4.55 Å². The van der Waals surface area contributed by atoms with Crippen molar-refractivity contribution in [3.63, 3.8) is 0 Å². The van der Waals surface area contributed by atoms with Crippen LogP contribution in [0.2, 0.25) is 0 Å². The highest BCUT2D eigenvalue weighted by Gasteiger charge is 2.12. The number of carbonyl (C=O) groups excluding carboxylic acids is 1. The maximum atomic E-state index is 11.0. The Hall–Kier alpha value is -0.920. The van der Waals surface area contributed by atoms with Crippen LogP contribution >= 0.6 is 0 Å². The second-order valence-corrected chi connectivity index (χ2v) is 7.42. The Balaban J connectivity index is 3.41. The summed E-state index contributed by atoms with van der Waals surface area (Å²) in [6.45, 7) is 2.18. The number of unbranched alkanes of at least 4 members (excludes halogenated alkanes) is 8. The van der Waals surface area contributed by atoms with Crippen LogP contribution in [-0.2, 0) is 19.4 Å². The molecule has 0 heterocycles. The van der Waals surface area contributed by atoms with E-state index < -0.39 is 16.4 Å². The fourth-order valence-electron chi connectivity index (χ4n) is 2.52. The Kier molecular flexibility index (Phi) is 14.8. The normalized spacial score (nSPS) is 13.2. The van der Waals surface area contributed by atoms with Gasteiger partial charge in [0.1, 0.15) is 0 Å². The van der Waals surface area contributed by atoms with Gasteiger partial charge in [-0.25, -0.2) is 0 Å². The maximum Gasteiger partial charge on any atom is 0.448 e. The average molecular weight is 379 g/mol. The number of aliphatic hydroxyl groups is 1. The minimum atomic E-state index is -4.67. The Labute approximate surface area is 152 Å². The number of carbonyl (C=O) groups is 1. The Morgan fingerprint density at radius 2 is 1.64 bits per heavy atom. The lowest BCUT2D eigenvalue weighted by Crippen LogP contribution is -2.11. The lowest BCUT2D eigenvalue weighted by atomic mass is 10.1. The van der Waals surface area contributed by atoms with Gasteiger partial charge in [0.15, 0.2) is 0 Å². The van der Waals surface area contributed by atoms with Crippen molar-refractivity contribution in [1.29, 1.82) is 0 Å². The van der Waals surface area contributed by atoms with Gasteiger partial charge in [-0.05, 0) is 32.1 Å². The molecule has 2 N–H and O–H groups in total. The van der Waals surface area contributed by atoms with Crippen LogP contribution in [0.15, 0.2) is 12.2 Å². The van der Waals surface area contributed by atoms with E-state index >= 15 is 0 Å². The van der Waals surface area contributed by atoms with Gasteiger partial charge in [0.05, 0.1) is 6.10 Å². The molecule has 0 saturated carbocycles. The number of aliphatic hydroxyl groups excluding tert-OH is 1. The first-order valence-electron chi connectivity index (χ1n) is 9.38. The zero-order valence-electron chi connectivity index (χ0n) is 15.4. The quantitative estimate of drug-likeness (QED) is 0.235. The van der Waals surface area contributed by atoms with E-state index in [9.17, 15) is 18.3 Å². The molecule has 0 aliphatic carbocycles. The summed E-state index contributed by atoms with van der Waals surface area (Å²) in [7, 11) is -4.67. The van der Waals surface area contributed by atoms with E-state index in [1.807, 2.05) is 0 Å². The van der Waals surface area contributed by atoms with Crippen molar-refractivity contribution >= 4 is 16.4 Å².